The number of aliphatic carboxylic acids is 2. The fourth-order valence-electron chi connectivity index (χ4n) is 2.08. The molecule has 0 radical (unpaired) electrons. The summed E-state index contributed by atoms with van der Waals surface area (Å²) in [5.41, 5.74) is 0. The molecule has 2 atom stereocenters. The number of hydrogen-bond donors (Lipinski definition) is 2. The van der Waals surface area contributed by atoms with E-state index in [1.165, 1.54) is 0 Å². The Balaban J connectivity index is 5.00. The molecular weight excluding hydrogens is 222 g/mol. The van der Waals surface area contributed by atoms with Crippen molar-refractivity contribution in [3.05, 3.63) is 0 Å². The maximum absolute atomic E-state index is 11.3. The Morgan fingerprint density at radius 2 is 1.47 bits per heavy atom. The lowest BCUT2D eigenvalue weighted by molar-refractivity contribution is -0.155. The van der Waals surface area contributed by atoms with Crippen molar-refractivity contribution in [1.82, 2.24) is 4.90 Å². The summed E-state index contributed by atoms with van der Waals surface area (Å²) in [4.78, 5) is 24.2. The third kappa shape index (κ3) is 4.73. The van der Waals surface area contributed by atoms with E-state index in [2.05, 4.69) is 0 Å². The first-order valence-corrected chi connectivity index (χ1v) is 6.19. The summed E-state index contributed by atoms with van der Waals surface area (Å²) >= 11 is 0. The minimum Gasteiger partial charge on any atom is -0.481 e. The number of carboxylic acids is 2. The lowest BCUT2D eigenvalue weighted by atomic mass is 9.95. The summed E-state index contributed by atoms with van der Waals surface area (Å²) in [6, 6.07) is -0.919. The van der Waals surface area contributed by atoms with Crippen molar-refractivity contribution in [3.63, 3.8) is 0 Å². The van der Waals surface area contributed by atoms with Crippen LogP contribution in [-0.2, 0) is 9.59 Å². The van der Waals surface area contributed by atoms with Crippen LogP contribution in [0.3, 0.4) is 0 Å². The first kappa shape index (κ1) is 15.9. The summed E-state index contributed by atoms with van der Waals surface area (Å²) in [5, 5.41) is 18.3. The van der Waals surface area contributed by atoms with E-state index in [0.29, 0.717) is 19.5 Å². The second-order valence-electron chi connectivity index (χ2n) is 4.17. The van der Waals surface area contributed by atoms with Crippen molar-refractivity contribution in [2.24, 2.45) is 5.92 Å². The molecule has 0 heterocycles. The highest BCUT2D eigenvalue weighted by molar-refractivity contribution is 5.82. The van der Waals surface area contributed by atoms with Gasteiger partial charge in [0.15, 0.2) is 0 Å². The normalized spacial score (nSPS) is 14.6. The van der Waals surface area contributed by atoms with Crippen LogP contribution in [0, 0.1) is 5.92 Å². The molecule has 100 valence electrons. The highest BCUT2D eigenvalue weighted by Crippen LogP contribution is 2.17. The summed E-state index contributed by atoms with van der Waals surface area (Å²) in [5.74, 6) is -2.91. The van der Waals surface area contributed by atoms with Crippen molar-refractivity contribution in [2.75, 3.05) is 13.1 Å². The standard InChI is InChI=1S/C12H23NO4/c1-4-7-13(8-5-2)10(12(16)17)9(6-3)11(14)15/h9-10H,4-8H2,1-3H3,(H,14,15)(H,16,17)/t9-,10-/m0/s1. The smallest absolute Gasteiger partial charge is 0.321 e. The van der Waals surface area contributed by atoms with Gasteiger partial charge in [0.25, 0.3) is 0 Å². The molecule has 5 nitrogen and oxygen atoms in total. The van der Waals surface area contributed by atoms with Gasteiger partial charge in [-0.3, -0.25) is 14.5 Å². The van der Waals surface area contributed by atoms with E-state index in [0.717, 1.165) is 12.8 Å². The van der Waals surface area contributed by atoms with Crippen LogP contribution in [0.25, 0.3) is 0 Å². The number of rotatable bonds is 9. The van der Waals surface area contributed by atoms with Crippen LogP contribution in [0.2, 0.25) is 0 Å². The average Bonchev–Trinajstić information content (AvgIpc) is 2.24. The second kappa shape index (κ2) is 8.06. The summed E-state index contributed by atoms with van der Waals surface area (Å²) in [7, 11) is 0. The summed E-state index contributed by atoms with van der Waals surface area (Å²) < 4.78 is 0. The molecule has 0 aromatic carbocycles. The fraction of sp³-hybridized carbons (Fsp3) is 0.833. The summed E-state index contributed by atoms with van der Waals surface area (Å²) in [6.45, 7) is 6.88. The van der Waals surface area contributed by atoms with Gasteiger partial charge in [0.2, 0.25) is 0 Å². The SMILES string of the molecule is CCCN(CCC)[C@H](C(=O)O)[C@H](CC)C(=O)O. The number of nitrogens with zero attached hydrogens (tertiary/aromatic N) is 1. The molecule has 0 spiro atoms. The van der Waals surface area contributed by atoms with Crippen LogP contribution in [0.5, 0.6) is 0 Å². The van der Waals surface area contributed by atoms with E-state index < -0.39 is 23.9 Å². The van der Waals surface area contributed by atoms with Crippen molar-refractivity contribution in [2.45, 2.75) is 46.1 Å². The molecule has 0 aromatic rings. The van der Waals surface area contributed by atoms with Crippen LogP contribution in [0.1, 0.15) is 40.0 Å². The lowest BCUT2D eigenvalue weighted by Gasteiger charge is -2.31. The molecule has 0 fully saturated rings. The van der Waals surface area contributed by atoms with E-state index in [9.17, 15) is 14.7 Å². The van der Waals surface area contributed by atoms with Gasteiger partial charge >= 0.3 is 11.9 Å². The molecule has 0 saturated heterocycles. The van der Waals surface area contributed by atoms with Crippen LogP contribution < -0.4 is 0 Å². The van der Waals surface area contributed by atoms with E-state index in [4.69, 9.17) is 5.11 Å². The molecule has 5 heteroatoms. The van der Waals surface area contributed by atoms with Crippen LogP contribution in [0.15, 0.2) is 0 Å². The number of carboxylic acid groups (broad SMARTS) is 2. The highest BCUT2D eigenvalue weighted by Gasteiger charge is 2.36. The molecule has 0 bridgehead atoms. The van der Waals surface area contributed by atoms with Crippen LogP contribution in [0.4, 0.5) is 0 Å². The van der Waals surface area contributed by atoms with Crippen molar-refractivity contribution >= 4 is 11.9 Å². The van der Waals surface area contributed by atoms with E-state index in [-0.39, 0.29) is 0 Å². The molecule has 0 aromatic heterocycles. The Morgan fingerprint density at radius 3 is 1.71 bits per heavy atom. The average molecular weight is 245 g/mol. The van der Waals surface area contributed by atoms with E-state index in [1.807, 2.05) is 13.8 Å². The van der Waals surface area contributed by atoms with Gasteiger partial charge in [-0.05, 0) is 32.4 Å². The van der Waals surface area contributed by atoms with Crippen molar-refractivity contribution < 1.29 is 19.8 Å². The highest BCUT2D eigenvalue weighted by atomic mass is 16.4. The third-order valence-corrected chi connectivity index (χ3v) is 2.81. The van der Waals surface area contributed by atoms with Gasteiger partial charge in [0, 0.05) is 0 Å². The zero-order valence-corrected chi connectivity index (χ0v) is 10.8. The van der Waals surface area contributed by atoms with Crippen molar-refractivity contribution in [1.29, 1.82) is 0 Å². The Labute approximate surface area is 102 Å². The molecule has 0 rings (SSSR count). The molecular formula is C12H23NO4. The largest absolute Gasteiger partial charge is 0.481 e. The maximum Gasteiger partial charge on any atom is 0.321 e. The van der Waals surface area contributed by atoms with Gasteiger partial charge < -0.3 is 10.2 Å². The molecule has 17 heavy (non-hydrogen) atoms. The van der Waals surface area contributed by atoms with Gasteiger partial charge in [0.05, 0.1) is 5.92 Å². The van der Waals surface area contributed by atoms with Crippen LogP contribution >= 0.6 is 0 Å². The van der Waals surface area contributed by atoms with Gasteiger partial charge in [-0.25, -0.2) is 0 Å². The molecule has 0 aliphatic heterocycles. The molecule has 0 aliphatic carbocycles. The zero-order valence-electron chi connectivity index (χ0n) is 10.8. The zero-order chi connectivity index (χ0) is 13.4. The quantitative estimate of drug-likeness (QED) is 0.646. The van der Waals surface area contributed by atoms with Gasteiger partial charge in [-0.1, -0.05) is 20.8 Å². The Hall–Kier alpha value is -1.10. The predicted molar refractivity (Wildman–Crippen MR) is 65.0 cm³/mol. The first-order chi connectivity index (χ1) is 7.99. The Morgan fingerprint density at radius 1 is 1.00 bits per heavy atom. The predicted octanol–water partition coefficient (Wildman–Crippen LogP) is 1.67. The first-order valence-electron chi connectivity index (χ1n) is 6.19. The van der Waals surface area contributed by atoms with Gasteiger partial charge in [-0.15, -0.1) is 0 Å². The summed E-state index contributed by atoms with van der Waals surface area (Å²) in [6.07, 6.45) is 1.97. The minimum absolute atomic E-state index is 0.330. The Kier molecular flexibility index (Phi) is 7.54. The molecule has 2 N–H and O–H groups in total. The van der Waals surface area contributed by atoms with Crippen LogP contribution in [-0.4, -0.2) is 46.2 Å². The second-order valence-corrected chi connectivity index (χ2v) is 4.17. The monoisotopic (exact) mass is 245 g/mol. The molecule has 0 aliphatic rings. The third-order valence-electron chi connectivity index (χ3n) is 2.81. The molecule has 0 saturated carbocycles. The minimum atomic E-state index is -1.04. The topological polar surface area (TPSA) is 77.8 Å². The van der Waals surface area contributed by atoms with Gasteiger partial charge in [0.1, 0.15) is 6.04 Å². The lowest BCUT2D eigenvalue weighted by Crippen LogP contribution is -2.49. The number of carbonyl (C=O) groups is 2. The Bertz CT molecular complexity index is 249. The fourth-order valence-corrected chi connectivity index (χ4v) is 2.08. The van der Waals surface area contributed by atoms with E-state index >= 15 is 0 Å². The number of hydrogen-bond acceptors (Lipinski definition) is 3. The molecule has 0 amide bonds. The maximum atomic E-state index is 11.3. The molecule has 0 unspecified atom stereocenters. The van der Waals surface area contributed by atoms with Gasteiger partial charge in [-0.2, -0.15) is 0 Å². The van der Waals surface area contributed by atoms with E-state index in [1.54, 1.807) is 11.8 Å². The van der Waals surface area contributed by atoms with Crippen molar-refractivity contribution in [3.8, 4) is 0 Å².